The number of cyclic esters (lactones) is 1. The SMILES string of the molecule is CC(C)(C#N)N1CCN(c2ccc(N3CC(CCC(N)=O)OC3=O)cc2F)CC1. The third-order valence-corrected chi connectivity index (χ3v) is 5.51. The minimum Gasteiger partial charge on any atom is -0.444 e. The Balaban J connectivity index is 1.65. The minimum atomic E-state index is -0.557. The van der Waals surface area contributed by atoms with Gasteiger partial charge in [-0.3, -0.25) is 14.6 Å². The van der Waals surface area contributed by atoms with Gasteiger partial charge in [-0.15, -0.1) is 0 Å². The van der Waals surface area contributed by atoms with Crippen molar-refractivity contribution < 1.29 is 18.7 Å². The molecule has 2 fully saturated rings. The second-order valence-corrected chi connectivity index (χ2v) is 7.90. The van der Waals surface area contributed by atoms with Crippen LogP contribution in [0.25, 0.3) is 0 Å². The number of nitrogens with zero attached hydrogens (tertiary/aromatic N) is 4. The summed E-state index contributed by atoms with van der Waals surface area (Å²) in [6, 6.07) is 6.99. The van der Waals surface area contributed by atoms with Crippen molar-refractivity contribution >= 4 is 23.4 Å². The van der Waals surface area contributed by atoms with E-state index in [9.17, 15) is 19.2 Å². The van der Waals surface area contributed by atoms with E-state index in [1.54, 1.807) is 12.1 Å². The van der Waals surface area contributed by atoms with Crippen LogP contribution in [0.15, 0.2) is 18.2 Å². The van der Waals surface area contributed by atoms with E-state index in [0.29, 0.717) is 44.0 Å². The van der Waals surface area contributed by atoms with Gasteiger partial charge in [-0.1, -0.05) is 0 Å². The molecule has 2 heterocycles. The number of anilines is 2. The second-order valence-electron chi connectivity index (χ2n) is 7.90. The monoisotopic (exact) mass is 403 g/mol. The summed E-state index contributed by atoms with van der Waals surface area (Å²) in [6.07, 6.45) is -0.511. The molecule has 1 atom stereocenters. The molecule has 1 unspecified atom stereocenters. The lowest BCUT2D eigenvalue weighted by Crippen LogP contribution is -2.54. The lowest BCUT2D eigenvalue weighted by Gasteiger charge is -2.41. The Bertz CT molecular complexity index is 830. The zero-order valence-corrected chi connectivity index (χ0v) is 16.7. The van der Waals surface area contributed by atoms with E-state index in [2.05, 4.69) is 11.0 Å². The molecule has 29 heavy (non-hydrogen) atoms. The van der Waals surface area contributed by atoms with E-state index in [1.165, 1.54) is 11.0 Å². The van der Waals surface area contributed by atoms with Crippen molar-refractivity contribution in [3.8, 4) is 6.07 Å². The molecular weight excluding hydrogens is 377 g/mol. The maximum Gasteiger partial charge on any atom is 0.414 e. The normalized spacial score (nSPS) is 20.5. The largest absolute Gasteiger partial charge is 0.444 e. The number of amides is 2. The van der Waals surface area contributed by atoms with Crippen molar-refractivity contribution in [2.24, 2.45) is 5.73 Å². The van der Waals surface area contributed by atoms with Gasteiger partial charge in [-0.05, 0) is 38.5 Å². The summed E-state index contributed by atoms with van der Waals surface area (Å²) in [4.78, 5) is 28.4. The molecule has 1 aromatic rings. The van der Waals surface area contributed by atoms with Gasteiger partial charge in [0.25, 0.3) is 0 Å². The molecule has 0 radical (unpaired) electrons. The zero-order chi connectivity index (χ0) is 21.2. The summed E-state index contributed by atoms with van der Waals surface area (Å²) in [5.74, 6) is -0.864. The summed E-state index contributed by atoms with van der Waals surface area (Å²) in [5, 5.41) is 9.28. The minimum absolute atomic E-state index is 0.133. The van der Waals surface area contributed by atoms with Crippen molar-refractivity contribution in [2.45, 2.75) is 38.3 Å². The third-order valence-electron chi connectivity index (χ3n) is 5.51. The van der Waals surface area contributed by atoms with Crippen LogP contribution in [0.3, 0.4) is 0 Å². The summed E-state index contributed by atoms with van der Waals surface area (Å²) >= 11 is 0. The van der Waals surface area contributed by atoms with Gasteiger partial charge in [0.05, 0.1) is 24.0 Å². The molecule has 1 aromatic carbocycles. The number of carbonyl (C=O) groups is 2. The quantitative estimate of drug-likeness (QED) is 0.777. The number of nitrogens with two attached hydrogens (primary N) is 1. The smallest absolute Gasteiger partial charge is 0.414 e. The highest BCUT2D eigenvalue weighted by atomic mass is 19.1. The summed E-state index contributed by atoms with van der Waals surface area (Å²) in [7, 11) is 0. The molecule has 0 bridgehead atoms. The average molecular weight is 403 g/mol. The van der Waals surface area contributed by atoms with Crippen molar-refractivity contribution in [2.75, 3.05) is 42.5 Å². The van der Waals surface area contributed by atoms with Crippen LogP contribution in [0.5, 0.6) is 0 Å². The number of hydrogen-bond acceptors (Lipinski definition) is 6. The molecule has 3 rings (SSSR count). The Morgan fingerprint density at radius 1 is 1.34 bits per heavy atom. The topological polar surface area (TPSA) is 103 Å². The van der Waals surface area contributed by atoms with Crippen LogP contribution in [0.2, 0.25) is 0 Å². The number of primary amides is 1. The highest BCUT2D eigenvalue weighted by Crippen LogP contribution is 2.30. The summed E-state index contributed by atoms with van der Waals surface area (Å²) in [6.45, 7) is 6.58. The Labute approximate surface area is 169 Å². The molecule has 0 spiro atoms. The van der Waals surface area contributed by atoms with Crippen LogP contribution in [-0.2, 0) is 9.53 Å². The molecule has 9 heteroatoms. The van der Waals surface area contributed by atoms with E-state index in [1.807, 2.05) is 18.7 Å². The molecular formula is C20H26FN5O3. The molecule has 0 aromatic heterocycles. The molecule has 0 aliphatic carbocycles. The van der Waals surface area contributed by atoms with E-state index >= 15 is 0 Å². The van der Waals surface area contributed by atoms with Crippen molar-refractivity contribution in [1.82, 2.24) is 4.90 Å². The number of hydrogen-bond donors (Lipinski definition) is 1. The Morgan fingerprint density at radius 2 is 2.03 bits per heavy atom. The number of carbonyl (C=O) groups excluding carboxylic acids is 2. The van der Waals surface area contributed by atoms with Gasteiger partial charge in [0, 0.05) is 32.6 Å². The third kappa shape index (κ3) is 4.59. The number of rotatable bonds is 6. The molecule has 2 N–H and O–H groups in total. The van der Waals surface area contributed by atoms with Gasteiger partial charge in [0.15, 0.2) is 0 Å². The summed E-state index contributed by atoms with van der Waals surface area (Å²) in [5.41, 5.74) is 5.48. The number of halogens is 1. The fourth-order valence-corrected chi connectivity index (χ4v) is 3.68. The maximum atomic E-state index is 14.8. The Kier molecular flexibility index (Phi) is 5.94. The predicted octanol–water partition coefficient (Wildman–Crippen LogP) is 1.84. The van der Waals surface area contributed by atoms with Crippen LogP contribution < -0.4 is 15.5 Å². The fraction of sp³-hybridized carbons (Fsp3) is 0.550. The maximum absolute atomic E-state index is 14.8. The molecule has 0 saturated carbocycles. The zero-order valence-electron chi connectivity index (χ0n) is 16.7. The van der Waals surface area contributed by atoms with Gasteiger partial charge < -0.3 is 15.4 Å². The lowest BCUT2D eigenvalue weighted by atomic mass is 10.0. The average Bonchev–Trinajstić information content (AvgIpc) is 3.07. The molecule has 2 aliphatic rings. The summed E-state index contributed by atoms with van der Waals surface area (Å²) < 4.78 is 20.0. The molecule has 2 saturated heterocycles. The van der Waals surface area contributed by atoms with E-state index in [0.717, 1.165) is 0 Å². The van der Waals surface area contributed by atoms with Crippen LogP contribution in [0.1, 0.15) is 26.7 Å². The van der Waals surface area contributed by atoms with Crippen LogP contribution in [0.4, 0.5) is 20.6 Å². The first kappa shape index (κ1) is 20.9. The number of piperazine rings is 1. The first-order valence-corrected chi connectivity index (χ1v) is 9.68. The first-order valence-electron chi connectivity index (χ1n) is 9.68. The van der Waals surface area contributed by atoms with Gasteiger partial charge >= 0.3 is 6.09 Å². The second kappa shape index (κ2) is 8.25. The number of nitriles is 1. The number of benzene rings is 1. The number of ether oxygens (including phenoxy) is 1. The van der Waals surface area contributed by atoms with Crippen molar-refractivity contribution in [3.63, 3.8) is 0 Å². The van der Waals surface area contributed by atoms with Crippen LogP contribution in [-0.4, -0.2) is 61.3 Å². The fourth-order valence-electron chi connectivity index (χ4n) is 3.68. The Morgan fingerprint density at radius 3 is 2.62 bits per heavy atom. The first-order chi connectivity index (χ1) is 13.7. The molecule has 8 nitrogen and oxygen atoms in total. The highest BCUT2D eigenvalue weighted by Gasteiger charge is 2.34. The van der Waals surface area contributed by atoms with E-state index in [4.69, 9.17) is 10.5 Å². The van der Waals surface area contributed by atoms with Crippen LogP contribution >= 0.6 is 0 Å². The Hall–Kier alpha value is -2.86. The van der Waals surface area contributed by atoms with Gasteiger partial charge in [-0.2, -0.15) is 5.26 Å². The van der Waals surface area contributed by atoms with Crippen molar-refractivity contribution in [3.05, 3.63) is 24.0 Å². The van der Waals surface area contributed by atoms with Gasteiger partial charge in [0.2, 0.25) is 5.91 Å². The van der Waals surface area contributed by atoms with Gasteiger partial charge in [0.1, 0.15) is 17.5 Å². The van der Waals surface area contributed by atoms with E-state index in [-0.39, 0.29) is 13.0 Å². The molecule has 156 valence electrons. The standard InChI is InChI=1S/C20H26FN5O3/c1-20(2,13-22)25-9-7-24(8-10-25)17-5-3-14(11-16(17)21)26-12-15(29-19(26)28)4-6-18(23)27/h3,5,11,15H,4,6-10,12H2,1-2H3,(H2,23,27). The molecule has 2 amide bonds. The highest BCUT2D eigenvalue weighted by molar-refractivity contribution is 5.90. The predicted molar refractivity (Wildman–Crippen MR) is 106 cm³/mol. The lowest BCUT2D eigenvalue weighted by molar-refractivity contribution is -0.118. The van der Waals surface area contributed by atoms with E-state index < -0.39 is 29.5 Å². The van der Waals surface area contributed by atoms with Gasteiger partial charge in [-0.25, -0.2) is 9.18 Å². The van der Waals surface area contributed by atoms with Crippen molar-refractivity contribution in [1.29, 1.82) is 5.26 Å². The van der Waals surface area contributed by atoms with Crippen LogP contribution in [0, 0.1) is 17.1 Å². The molecule has 2 aliphatic heterocycles.